The Kier molecular flexibility index (Phi) is 6.54. The molecule has 7 nitrogen and oxygen atoms in total. The summed E-state index contributed by atoms with van der Waals surface area (Å²) in [5.41, 5.74) is 1.57. The van der Waals surface area contributed by atoms with Gasteiger partial charge in [-0.1, -0.05) is 24.2 Å². The summed E-state index contributed by atoms with van der Waals surface area (Å²) in [5, 5.41) is 4.28. The highest BCUT2D eigenvalue weighted by molar-refractivity contribution is 5.94. The topological polar surface area (TPSA) is 85.3 Å². The smallest absolute Gasteiger partial charge is 0.248 e. The van der Waals surface area contributed by atoms with E-state index in [9.17, 15) is 13.6 Å². The average Bonchev–Trinajstić information content (AvgIpc) is 3.48. The summed E-state index contributed by atoms with van der Waals surface area (Å²) in [4.78, 5) is 24.9. The number of hydrogen-bond acceptors (Lipinski definition) is 6. The largest absolute Gasteiger partial charge is 0.441 e. The van der Waals surface area contributed by atoms with Crippen molar-refractivity contribution in [2.45, 2.75) is 108 Å². The van der Waals surface area contributed by atoms with Crippen LogP contribution in [0.25, 0.3) is 11.3 Å². The summed E-state index contributed by atoms with van der Waals surface area (Å²) in [7, 11) is 0. The Morgan fingerprint density at radius 2 is 1.85 bits per heavy atom. The van der Waals surface area contributed by atoms with E-state index in [0.717, 1.165) is 87.2 Å². The first kappa shape index (κ1) is 26.8. The van der Waals surface area contributed by atoms with Gasteiger partial charge in [-0.25, -0.2) is 13.8 Å². The number of fused-ring (bicyclic) bond motifs is 3. The summed E-state index contributed by atoms with van der Waals surface area (Å²) >= 11 is 0. The van der Waals surface area contributed by atoms with Crippen LogP contribution in [0.3, 0.4) is 0 Å². The molecule has 2 bridgehead atoms. The number of carbonyl (C=O) groups is 1. The van der Waals surface area contributed by atoms with E-state index >= 15 is 0 Å². The van der Waals surface area contributed by atoms with Crippen molar-refractivity contribution >= 4 is 11.6 Å². The molecular formula is C32H38F2N4O3. The van der Waals surface area contributed by atoms with Gasteiger partial charge in [-0.05, 0) is 81.3 Å². The van der Waals surface area contributed by atoms with Crippen molar-refractivity contribution in [2.75, 3.05) is 11.4 Å². The molecule has 5 saturated carbocycles. The van der Waals surface area contributed by atoms with Crippen LogP contribution in [-0.4, -0.2) is 33.5 Å². The van der Waals surface area contributed by atoms with Gasteiger partial charge < -0.3 is 13.8 Å². The van der Waals surface area contributed by atoms with Crippen molar-refractivity contribution in [1.29, 1.82) is 0 Å². The lowest BCUT2D eigenvalue weighted by Crippen LogP contribution is -2.51. The van der Waals surface area contributed by atoms with E-state index in [1.807, 2.05) is 29.2 Å². The number of carbonyl (C=O) groups excluding carboxylic acids is 1. The molecule has 5 aliphatic rings. The van der Waals surface area contributed by atoms with Crippen LogP contribution in [0.15, 0.2) is 39.4 Å². The average molecular weight is 565 g/mol. The predicted octanol–water partition coefficient (Wildman–Crippen LogP) is 7.62. The zero-order chi connectivity index (χ0) is 28.2. The number of aryl methyl sites for hydroxylation is 1. The van der Waals surface area contributed by atoms with Gasteiger partial charge in [0.15, 0.2) is 17.5 Å². The highest BCUT2D eigenvalue weighted by Gasteiger charge is 2.53. The van der Waals surface area contributed by atoms with Gasteiger partial charge in [0, 0.05) is 54.8 Å². The molecule has 0 atom stereocenters. The van der Waals surface area contributed by atoms with Crippen LogP contribution >= 0.6 is 0 Å². The maximum atomic E-state index is 13.8. The van der Waals surface area contributed by atoms with Crippen molar-refractivity contribution in [3.05, 3.63) is 48.1 Å². The summed E-state index contributed by atoms with van der Waals surface area (Å²) in [6, 6.07) is 7.82. The minimum atomic E-state index is -2.64. The molecule has 0 saturated heterocycles. The minimum Gasteiger partial charge on any atom is -0.441 e. The van der Waals surface area contributed by atoms with Crippen molar-refractivity contribution in [3.8, 4) is 11.3 Å². The Balaban J connectivity index is 1.12. The number of aromatic nitrogens is 3. The lowest BCUT2D eigenvalue weighted by atomic mass is 9.53. The van der Waals surface area contributed by atoms with Crippen molar-refractivity contribution in [2.24, 2.45) is 11.3 Å². The van der Waals surface area contributed by atoms with Crippen LogP contribution in [0, 0.1) is 11.3 Å². The molecule has 5 aliphatic carbocycles. The number of amides is 1. The fourth-order valence-electron chi connectivity index (χ4n) is 7.32. The number of halogens is 2. The standard InChI is InChI=1S/C32H38F2N4O3/c1-2-4-26-35-19-25(40-26)23-5-3-6-24(16-23)38(27(39)15-21-17-32(33,34)18-21)20-30-9-12-31(13-10-30,14-11-30)29-36-28(37-41-29)22-7-8-22/h3,5-6,16,19,21-22H,2,4,7-15,17-18,20H2,1H3. The molecule has 41 heavy (non-hydrogen) atoms. The van der Waals surface area contributed by atoms with Gasteiger partial charge in [0.05, 0.1) is 6.20 Å². The molecule has 2 aromatic heterocycles. The highest BCUT2D eigenvalue weighted by atomic mass is 19.3. The van der Waals surface area contributed by atoms with Crippen LogP contribution in [0.1, 0.15) is 107 Å². The molecule has 3 aromatic rings. The third-order valence-corrected chi connectivity index (χ3v) is 10.1. The molecule has 9 heteroatoms. The number of nitrogens with zero attached hydrogens (tertiary/aromatic N) is 4. The number of hydrogen-bond donors (Lipinski definition) is 0. The monoisotopic (exact) mass is 564 g/mol. The van der Waals surface area contributed by atoms with Gasteiger partial charge in [0.25, 0.3) is 0 Å². The maximum absolute atomic E-state index is 13.8. The quantitative estimate of drug-likeness (QED) is 0.252. The second-order valence-electron chi connectivity index (χ2n) is 13.2. The second kappa shape index (κ2) is 10.0. The summed E-state index contributed by atoms with van der Waals surface area (Å²) in [6.07, 6.45) is 11.3. The third-order valence-electron chi connectivity index (χ3n) is 10.1. The van der Waals surface area contributed by atoms with E-state index in [4.69, 9.17) is 13.9 Å². The number of benzene rings is 1. The van der Waals surface area contributed by atoms with Gasteiger partial charge >= 0.3 is 0 Å². The molecule has 1 aromatic carbocycles. The van der Waals surface area contributed by atoms with Crippen LogP contribution in [-0.2, 0) is 16.6 Å². The Bertz CT molecular complexity index is 1390. The van der Waals surface area contributed by atoms with Gasteiger partial charge in [0.1, 0.15) is 0 Å². The van der Waals surface area contributed by atoms with E-state index in [1.165, 1.54) is 0 Å². The Labute approximate surface area is 239 Å². The first-order chi connectivity index (χ1) is 19.8. The maximum Gasteiger partial charge on any atom is 0.248 e. The lowest BCUT2D eigenvalue weighted by Gasteiger charge is -2.53. The molecule has 5 fully saturated rings. The number of anilines is 1. The third kappa shape index (κ3) is 5.21. The summed E-state index contributed by atoms with van der Waals surface area (Å²) in [5.74, 6) is 0.522. The van der Waals surface area contributed by atoms with Crippen LogP contribution in [0.2, 0.25) is 0 Å². The lowest BCUT2D eigenvalue weighted by molar-refractivity contribution is -0.132. The summed E-state index contributed by atoms with van der Waals surface area (Å²) < 4.78 is 39.0. The molecular weight excluding hydrogens is 526 g/mol. The van der Waals surface area contributed by atoms with E-state index in [-0.39, 0.29) is 41.9 Å². The van der Waals surface area contributed by atoms with Gasteiger partial charge in [-0.15, -0.1) is 0 Å². The molecule has 0 N–H and O–H groups in total. The van der Waals surface area contributed by atoms with Crippen molar-refractivity contribution in [3.63, 3.8) is 0 Å². The normalized spacial score (nSPS) is 27.1. The van der Waals surface area contributed by atoms with Crippen LogP contribution in [0.4, 0.5) is 14.5 Å². The molecule has 0 spiro atoms. The van der Waals surface area contributed by atoms with E-state index in [0.29, 0.717) is 24.1 Å². The van der Waals surface area contributed by atoms with Crippen molar-refractivity contribution in [1.82, 2.24) is 15.1 Å². The van der Waals surface area contributed by atoms with Crippen molar-refractivity contribution < 1.29 is 22.5 Å². The molecule has 1 amide bonds. The van der Waals surface area contributed by atoms with Gasteiger partial charge in [0.2, 0.25) is 17.7 Å². The second-order valence-corrected chi connectivity index (χ2v) is 13.2. The number of oxazole rings is 1. The first-order valence-electron chi connectivity index (χ1n) is 15.3. The minimum absolute atomic E-state index is 0.0170. The molecule has 8 rings (SSSR count). The van der Waals surface area contributed by atoms with Crippen LogP contribution < -0.4 is 4.90 Å². The number of rotatable bonds is 10. The zero-order valence-electron chi connectivity index (χ0n) is 23.7. The van der Waals surface area contributed by atoms with E-state index in [2.05, 4.69) is 17.1 Å². The molecule has 0 unspecified atom stereocenters. The van der Waals surface area contributed by atoms with Gasteiger partial charge in [-0.3, -0.25) is 4.79 Å². The highest BCUT2D eigenvalue weighted by Crippen LogP contribution is 2.58. The van der Waals surface area contributed by atoms with E-state index in [1.54, 1.807) is 6.20 Å². The van der Waals surface area contributed by atoms with Gasteiger partial charge in [-0.2, -0.15) is 4.98 Å². The Hall–Kier alpha value is -3.10. The Morgan fingerprint density at radius 1 is 1.10 bits per heavy atom. The predicted molar refractivity (Wildman–Crippen MR) is 149 cm³/mol. The molecule has 0 radical (unpaired) electrons. The molecule has 2 heterocycles. The SMILES string of the molecule is CCCc1ncc(-c2cccc(N(CC34CCC(c5nc(C6CC6)no5)(CC3)CC4)C(=O)CC3CC(F)(F)C3)c2)o1. The molecule has 0 aliphatic heterocycles. The number of alkyl halides is 2. The fraction of sp³-hybridized carbons (Fsp3) is 0.625. The zero-order valence-corrected chi connectivity index (χ0v) is 23.7. The fourth-order valence-corrected chi connectivity index (χ4v) is 7.32. The summed E-state index contributed by atoms with van der Waals surface area (Å²) in [6.45, 7) is 2.67. The van der Waals surface area contributed by atoms with Crippen LogP contribution in [0.5, 0.6) is 0 Å². The Morgan fingerprint density at radius 3 is 2.54 bits per heavy atom. The first-order valence-corrected chi connectivity index (χ1v) is 15.3. The van der Waals surface area contributed by atoms with E-state index < -0.39 is 5.92 Å². The molecule has 218 valence electrons.